The Hall–Kier alpha value is -3.55. The lowest BCUT2D eigenvalue weighted by Crippen LogP contribution is -2.26. The van der Waals surface area contributed by atoms with E-state index in [-0.39, 0.29) is 12.5 Å². The van der Waals surface area contributed by atoms with Crippen LogP contribution in [0.1, 0.15) is 34.0 Å². The third-order valence-corrected chi connectivity index (χ3v) is 4.96. The Morgan fingerprint density at radius 2 is 2.04 bits per heavy atom. The fourth-order valence-electron chi connectivity index (χ4n) is 3.65. The number of tetrazole rings is 1. The number of rotatable bonds is 4. The Balaban J connectivity index is 1.41. The monoisotopic (exact) mass is 359 g/mol. The van der Waals surface area contributed by atoms with Crippen LogP contribution in [-0.2, 0) is 19.4 Å². The maximum absolute atomic E-state index is 12.5. The molecular formula is C19H17N7O. The largest absolute Gasteiger partial charge is 0.343 e. The lowest BCUT2D eigenvalue weighted by Gasteiger charge is -2.09. The highest BCUT2D eigenvalue weighted by molar-refractivity contribution is 5.94. The van der Waals surface area contributed by atoms with Crippen LogP contribution in [0.3, 0.4) is 0 Å². The van der Waals surface area contributed by atoms with Crippen LogP contribution in [0.5, 0.6) is 0 Å². The normalized spacial score (nSPS) is 13.0. The third-order valence-electron chi connectivity index (χ3n) is 4.96. The van der Waals surface area contributed by atoms with E-state index < -0.39 is 0 Å². The van der Waals surface area contributed by atoms with E-state index in [1.54, 1.807) is 4.68 Å². The standard InChI is InChI=1S/C19H17N7O/c27-19(18-14-8-4-9-15(14)21-23-18)20-11-17-22-24-25-26(17)16-10-3-6-12-5-1-2-7-13(12)16/h1-3,5-7,10H,4,8-9,11H2,(H,20,27)(H,21,23). The molecule has 8 nitrogen and oxygen atoms in total. The van der Waals surface area contributed by atoms with Gasteiger partial charge in [-0.25, -0.2) is 0 Å². The van der Waals surface area contributed by atoms with Crippen molar-refractivity contribution in [2.45, 2.75) is 25.8 Å². The SMILES string of the molecule is O=C(NCc1nnnn1-c1cccc2ccccc12)c1n[nH]c2c1CCC2. The maximum atomic E-state index is 12.5. The smallest absolute Gasteiger partial charge is 0.272 e. The maximum Gasteiger partial charge on any atom is 0.272 e. The molecule has 2 N–H and O–H groups in total. The summed E-state index contributed by atoms with van der Waals surface area (Å²) in [7, 11) is 0. The van der Waals surface area contributed by atoms with Crippen molar-refractivity contribution in [3.8, 4) is 5.69 Å². The minimum absolute atomic E-state index is 0.207. The fraction of sp³-hybridized carbons (Fsp3) is 0.211. The molecule has 8 heteroatoms. The predicted octanol–water partition coefficient (Wildman–Crippen LogP) is 1.96. The molecule has 1 amide bonds. The molecule has 2 aromatic carbocycles. The van der Waals surface area contributed by atoms with Gasteiger partial charge in [0.1, 0.15) is 0 Å². The van der Waals surface area contributed by atoms with Crippen LogP contribution >= 0.6 is 0 Å². The summed E-state index contributed by atoms with van der Waals surface area (Å²) in [5.74, 6) is 0.355. The summed E-state index contributed by atoms with van der Waals surface area (Å²) in [5, 5.41) is 24.2. The van der Waals surface area contributed by atoms with Gasteiger partial charge in [-0.1, -0.05) is 36.4 Å². The number of amides is 1. The number of fused-ring (bicyclic) bond motifs is 2. The molecule has 1 aliphatic carbocycles. The first-order valence-electron chi connectivity index (χ1n) is 8.91. The van der Waals surface area contributed by atoms with Crippen molar-refractivity contribution in [1.29, 1.82) is 0 Å². The zero-order valence-electron chi connectivity index (χ0n) is 14.5. The molecule has 0 spiro atoms. The molecule has 0 bridgehead atoms. The third kappa shape index (κ3) is 2.66. The van der Waals surface area contributed by atoms with E-state index in [4.69, 9.17) is 0 Å². The van der Waals surface area contributed by atoms with E-state index in [0.717, 1.165) is 47.0 Å². The highest BCUT2D eigenvalue weighted by atomic mass is 16.1. The Morgan fingerprint density at radius 3 is 3.00 bits per heavy atom. The number of hydrogen-bond acceptors (Lipinski definition) is 5. The number of nitrogens with one attached hydrogen (secondary N) is 2. The van der Waals surface area contributed by atoms with E-state index >= 15 is 0 Å². The van der Waals surface area contributed by atoms with Crippen LogP contribution in [0.2, 0.25) is 0 Å². The molecule has 0 saturated carbocycles. The highest BCUT2D eigenvalue weighted by Crippen LogP contribution is 2.23. The van der Waals surface area contributed by atoms with Gasteiger partial charge < -0.3 is 5.32 Å². The van der Waals surface area contributed by atoms with E-state index in [1.165, 1.54) is 0 Å². The molecule has 0 fully saturated rings. The van der Waals surface area contributed by atoms with Crippen LogP contribution in [0.25, 0.3) is 16.5 Å². The van der Waals surface area contributed by atoms with Crippen molar-refractivity contribution in [1.82, 2.24) is 35.7 Å². The molecule has 4 aromatic rings. The van der Waals surface area contributed by atoms with Crippen molar-refractivity contribution in [2.75, 3.05) is 0 Å². The first kappa shape index (κ1) is 15.7. The molecule has 0 saturated heterocycles. The van der Waals surface area contributed by atoms with Gasteiger partial charge in [-0.15, -0.1) is 5.10 Å². The van der Waals surface area contributed by atoms with Gasteiger partial charge in [0.25, 0.3) is 5.91 Å². The lowest BCUT2D eigenvalue weighted by atomic mass is 10.1. The number of carbonyl (C=O) groups is 1. The summed E-state index contributed by atoms with van der Waals surface area (Å²) in [5.41, 5.74) is 3.46. The van der Waals surface area contributed by atoms with Crippen molar-refractivity contribution in [3.05, 3.63) is 65.2 Å². The number of carbonyl (C=O) groups excluding carboxylic acids is 1. The Kier molecular flexibility index (Phi) is 3.67. The average molecular weight is 359 g/mol. The number of benzene rings is 2. The minimum atomic E-state index is -0.207. The Labute approximate surface area is 154 Å². The lowest BCUT2D eigenvalue weighted by molar-refractivity contribution is 0.0943. The quantitative estimate of drug-likeness (QED) is 0.580. The molecule has 1 aliphatic rings. The van der Waals surface area contributed by atoms with Crippen molar-refractivity contribution < 1.29 is 4.79 Å². The van der Waals surface area contributed by atoms with Crippen LogP contribution in [0.15, 0.2) is 42.5 Å². The van der Waals surface area contributed by atoms with Gasteiger partial charge in [-0.3, -0.25) is 9.89 Å². The van der Waals surface area contributed by atoms with Crippen LogP contribution in [-0.4, -0.2) is 36.3 Å². The number of aromatic nitrogens is 6. The molecule has 2 aromatic heterocycles. The summed E-state index contributed by atoms with van der Waals surface area (Å²) in [6.07, 6.45) is 2.90. The van der Waals surface area contributed by atoms with Gasteiger partial charge >= 0.3 is 0 Å². The van der Waals surface area contributed by atoms with E-state index in [9.17, 15) is 4.79 Å². The first-order valence-corrected chi connectivity index (χ1v) is 8.91. The zero-order valence-corrected chi connectivity index (χ0v) is 14.5. The molecule has 0 radical (unpaired) electrons. The molecule has 2 heterocycles. The second kappa shape index (κ2) is 6.31. The van der Waals surface area contributed by atoms with Gasteiger partial charge in [0.05, 0.1) is 12.2 Å². The summed E-state index contributed by atoms with van der Waals surface area (Å²) in [4.78, 5) is 12.5. The van der Waals surface area contributed by atoms with Crippen LogP contribution in [0.4, 0.5) is 0 Å². The predicted molar refractivity (Wildman–Crippen MR) is 98.4 cm³/mol. The fourth-order valence-corrected chi connectivity index (χ4v) is 3.65. The number of H-pyrrole nitrogens is 1. The molecule has 0 aliphatic heterocycles. The van der Waals surface area contributed by atoms with Gasteiger partial charge in [0.2, 0.25) is 0 Å². The van der Waals surface area contributed by atoms with E-state index in [2.05, 4.69) is 31.0 Å². The topological polar surface area (TPSA) is 101 Å². The number of hydrogen-bond donors (Lipinski definition) is 2. The second-order valence-corrected chi connectivity index (χ2v) is 6.57. The minimum Gasteiger partial charge on any atom is -0.343 e. The summed E-state index contributed by atoms with van der Waals surface area (Å²) in [6.45, 7) is 0.219. The first-order chi connectivity index (χ1) is 13.3. The summed E-state index contributed by atoms with van der Waals surface area (Å²) in [6, 6.07) is 14.0. The second-order valence-electron chi connectivity index (χ2n) is 6.57. The van der Waals surface area contributed by atoms with Crippen LogP contribution < -0.4 is 5.32 Å². The number of aromatic amines is 1. The molecule has 134 valence electrons. The van der Waals surface area contributed by atoms with E-state index in [0.29, 0.717) is 11.5 Å². The van der Waals surface area contributed by atoms with Gasteiger partial charge in [0, 0.05) is 16.6 Å². The molecule has 27 heavy (non-hydrogen) atoms. The van der Waals surface area contributed by atoms with Crippen molar-refractivity contribution in [3.63, 3.8) is 0 Å². The molecular weight excluding hydrogens is 342 g/mol. The zero-order chi connectivity index (χ0) is 18.2. The van der Waals surface area contributed by atoms with E-state index in [1.807, 2.05) is 42.5 Å². The van der Waals surface area contributed by atoms with Gasteiger partial charge in [0.15, 0.2) is 11.5 Å². The number of aryl methyl sites for hydroxylation is 1. The molecule has 5 rings (SSSR count). The summed E-state index contributed by atoms with van der Waals surface area (Å²) >= 11 is 0. The van der Waals surface area contributed by atoms with Gasteiger partial charge in [-0.2, -0.15) is 9.78 Å². The Bertz CT molecular complexity index is 1140. The van der Waals surface area contributed by atoms with Crippen molar-refractivity contribution in [2.24, 2.45) is 0 Å². The number of nitrogens with zero attached hydrogens (tertiary/aromatic N) is 5. The highest BCUT2D eigenvalue weighted by Gasteiger charge is 2.23. The van der Waals surface area contributed by atoms with Crippen molar-refractivity contribution >= 4 is 16.7 Å². The van der Waals surface area contributed by atoms with Crippen LogP contribution in [0, 0.1) is 0 Å². The Morgan fingerprint density at radius 1 is 1.15 bits per heavy atom. The van der Waals surface area contributed by atoms with Gasteiger partial charge in [-0.05, 0) is 41.1 Å². The average Bonchev–Trinajstić information content (AvgIpc) is 3.42. The summed E-state index contributed by atoms with van der Waals surface area (Å²) < 4.78 is 1.66. The molecule has 0 atom stereocenters. The molecule has 0 unspecified atom stereocenters.